The molecule has 4 aromatic carbocycles. The molecule has 11 heteroatoms. The number of hydrazone groups is 1. The van der Waals surface area contributed by atoms with E-state index in [1.165, 1.54) is 31.5 Å². The summed E-state index contributed by atoms with van der Waals surface area (Å²) in [4.78, 5) is 13.0. The van der Waals surface area contributed by atoms with E-state index in [4.69, 9.17) is 21.1 Å². The Morgan fingerprint density at radius 2 is 1.74 bits per heavy atom. The number of hydrogen-bond donors (Lipinski definition) is 1. The van der Waals surface area contributed by atoms with Crippen LogP contribution in [0.5, 0.6) is 11.5 Å². The van der Waals surface area contributed by atoms with E-state index in [1.54, 1.807) is 43.3 Å². The number of nitrogens with zero attached hydrogens (tertiary/aromatic N) is 2. The van der Waals surface area contributed by atoms with Gasteiger partial charge in [0.15, 0.2) is 11.5 Å². The van der Waals surface area contributed by atoms with Crippen LogP contribution in [0.3, 0.4) is 0 Å². The lowest BCUT2D eigenvalue weighted by atomic mass is 10.2. The number of anilines is 1. The van der Waals surface area contributed by atoms with Gasteiger partial charge in [-0.25, -0.2) is 13.8 Å². The van der Waals surface area contributed by atoms with Crippen LogP contribution in [0.1, 0.15) is 22.3 Å². The summed E-state index contributed by atoms with van der Waals surface area (Å²) in [6.45, 7) is 3.44. The molecule has 0 aromatic heterocycles. The molecule has 0 saturated heterocycles. The number of halogens is 2. The van der Waals surface area contributed by atoms with Gasteiger partial charge in [-0.05, 0) is 82.9 Å². The van der Waals surface area contributed by atoms with Gasteiger partial charge in [-0.1, -0.05) is 65.7 Å². The van der Waals surface area contributed by atoms with Crippen LogP contribution in [0.4, 0.5) is 5.69 Å². The molecule has 1 amide bonds. The Labute approximate surface area is 259 Å². The Morgan fingerprint density at radius 1 is 1.02 bits per heavy atom. The Morgan fingerprint density at radius 3 is 2.43 bits per heavy atom. The largest absolute Gasteiger partial charge is 0.493 e. The van der Waals surface area contributed by atoms with E-state index in [2.05, 4.69) is 26.5 Å². The Kier molecular flexibility index (Phi) is 10.3. The number of benzene rings is 4. The van der Waals surface area contributed by atoms with Crippen molar-refractivity contribution in [2.24, 2.45) is 5.10 Å². The molecule has 0 saturated carbocycles. The van der Waals surface area contributed by atoms with E-state index in [0.717, 1.165) is 15.4 Å². The number of rotatable bonds is 11. The van der Waals surface area contributed by atoms with Crippen LogP contribution in [-0.2, 0) is 21.4 Å². The number of sulfonamides is 1. The van der Waals surface area contributed by atoms with Gasteiger partial charge in [0.2, 0.25) is 0 Å². The van der Waals surface area contributed by atoms with Gasteiger partial charge in [0, 0.05) is 5.02 Å². The van der Waals surface area contributed by atoms with Crippen LogP contribution in [0, 0.1) is 13.8 Å². The van der Waals surface area contributed by atoms with Crippen LogP contribution < -0.4 is 19.2 Å². The number of amides is 1. The molecule has 0 aliphatic heterocycles. The van der Waals surface area contributed by atoms with E-state index in [0.29, 0.717) is 44.4 Å². The predicted molar refractivity (Wildman–Crippen MR) is 169 cm³/mol. The van der Waals surface area contributed by atoms with Crippen molar-refractivity contribution in [2.45, 2.75) is 25.3 Å². The Hall–Kier alpha value is -3.86. The van der Waals surface area contributed by atoms with Crippen molar-refractivity contribution < 1.29 is 22.7 Å². The minimum Gasteiger partial charge on any atom is -0.493 e. The van der Waals surface area contributed by atoms with Crippen molar-refractivity contribution in [1.82, 2.24) is 5.43 Å². The molecular formula is C31H29BrClN3O5S. The average molecular weight is 671 g/mol. The molecule has 0 aliphatic carbocycles. The summed E-state index contributed by atoms with van der Waals surface area (Å²) in [6.07, 6.45) is 1.43. The average Bonchev–Trinajstić information content (AvgIpc) is 2.97. The molecule has 4 rings (SSSR count). The number of methoxy groups -OCH3 is 1. The highest BCUT2D eigenvalue weighted by atomic mass is 79.9. The summed E-state index contributed by atoms with van der Waals surface area (Å²) in [5, 5.41) is 4.39. The second kappa shape index (κ2) is 13.9. The van der Waals surface area contributed by atoms with Gasteiger partial charge < -0.3 is 9.47 Å². The molecule has 0 fully saturated rings. The smallest absolute Gasteiger partial charge is 0.264 e. The normalized spacial score (nSPS) is 11.4. The maximum Gasteiger partial charge on any atom is 0.264 e. The van der Waals surface area contributed by atoms with E-state index >= 15 is 0 Å². The molecular weight excluding hydrogens is 642 g/mol. The van der Waals surface area contributed by atoms with Crippen molar-refractivity contribution in [3.05, 3.63) is 117 Å². The summed E-state index contributed by atoms with van der Waals surface area (Å²) < 4.78 is 40.4. The lowest BCUT2D eigenvalue weighted by Gasteiger charge is -2.25. The van der Waals surface area contributed by atoms with Gasteiger partial charge in [-0.3, -0.25) is 9.10 Å². The molecule has 8 nitrogen and oxygen atoms in total. The second-order valence-electron chi connectivity index (χ2n) is 9.36. The van der Waals surface area contributed by atoms with Crippen molar-refractivity contribution in [1.29, 1.82) is 0 Å². The number of aryl methyl sites for hydroxylation is 2. The van der Waals surface area contributed by atoms with Gasteiger partial charge in [0.05, 0.1) is 28.4 Å². The fraction of sp³-hybridized carbons (Fsp3) is 0.161. The standard InChI is InChI=1S/C31H29BrClN3O5S/c1-21-9-13-26(14-10-21)42(38,39)36(28-17-25(33)12-11-22(28)2)19-30(37)35-34-18-24-15-27(32)31(29(16-24)40-3)41-20-23-7-5-4-6-8-23/h4-18H,19-20H2,1-3H3,(H,35,37)/b34-18-. The van der Waals surface area contributed by atoms with Crippen LogP contribution in [0.25, 0.3) is 0 Å². The lowest BCUT2D eigenvalue weighted by Crippen LogP contribution is -2.40. The molecule has 0 aliphatic rings. The predicted octanol–water partition coefficient (Wildman–Crippen LogP) is 6.65. The molecule has 0 atom stereocenters. The highest BCUT2D eigenvalue weighted by Crippen LogP contribution is 2.37. The fourth-order valence-electron chi connectivity index (χ4n) is 4.02. The zero-order chi connectivity index (χ0) is 30.3. The quantitative estimate of drug-likeness (QED) is 0.142. The van der Waals surface area contributed by atoms with Crippen LogP contribution >= 0.6 is 27.5 Å². The van der Waals surface area contributed by atoms with Crippen molar-refractivity contribution in [3.8, 4) is 11.5 Å². The van der Waals surface area contributed by atoms with Crippen molar-refractivity contribution >= 4 is 55.4 Å². The van der Waals surface area contributed by atoms with Crippen LogP contribution in [0.2, 0.25) is 5.02 Å². The van der Waals surface area contributed by atoms with Crippen LogP contribution in [-0.4, -0.2) is 34.2 Å². The van der Waals surface area contributed by atoms with Crippen LogP contribution in [0.15, 0.2) is 99.4 Å². The number of nitrogens with one attached hydrogen (secondary N) is 1. The molecule has 4 aromatic rings. The lowest BCUT2D eigenvalue weighted by molar-refractivity contribution is -0.119. The molecule has 0 bridgehead atoms. The zero-order valence-corrected chi connectivity index (χ0v) is 26.3. The first kappa shape index (κ1) is 31.1. The monoisotopic (exact) mass is 669 g/mol. The second-order valence-corrected chi connectivity index (χ2v) is 12.5. The molecule has 0 heterocycles. The van der Waals surface area contributed by atoms with Gasteiger partial charge in [0.25, 0.3) is 15.9 Å². The highest BCUT2D eigenvalue weighted by molar-refractivity contribution is 9.10. The van der Waals surface area contributed by atoms with Gasteiger partial charge in [0.1, 0.15) is 13.2 Å². The third-order valence-corrected chi connectivity index (χ3v) is 8.81. The van der Waals surface area contributed by atoms with Crippen molar-refractivity contribution in [2.75, 3.05) is 18.0 Å². The minimum atomic E-state index is -4.10. The third-order valence-electron chi connectivity index (χ3n) is 6.22. The SMILES string of the molecule is COc1cc(/C=N\NC(=O)CN(c2cc(Cl)ccc2C)S(=O)(=O)c2ccc(C)cc2)cc(Br)c1OCc1ccccc1. The maximum absolute atomic E-state index is 13.7. The summed E-state index contributed by atoms with van der Waals surface area (Å²) in [5.41, 5.74) is 5.88. The first-order valence-electron chi connectivity index (χ1n) is 12.8. The zero-order valence-electron chi connectivity index (χ0n) is 23.2. The van der Waals surface area contributed by atoms with Gasteiger partial charge in [-0.15, -0.1) is 0 Å². The molecule has 0 spiro atoms. The molecule has 218 valence electrons. The van der Waals surface area contributed by atoms with E-state index < -0.39 is 22.5 Å². The molecule has 0 radical (unpaired) electrons. The number of carbonyl (C=O) groups excluding carboxylic acids is 1. The summed E-state index contributed by atoms with van der Waals surface area (Å²) in [6, 6.07) is 24.5. The number of hydrogen-bond acceptors (Lipinski definition) is 6. The number of ether oxygens (including phenoxy) is 2. The van der Waals surface area contributed by atoms with E-state index in [1.807, 2.05) is 37.3 Å². The summed E-state index contributed by atoms with van der Waals surface area (Å²) >= 11 is 9.71. The maximum atomic E-state index is 13.7. The van der Waals surface area contributed by atoms with Crippen molar-refractivity contribution in [3.63, 3.8) is 0 Å². The van der Waals surface area contributed by atoms with E-state index in [-0.39, 0.29) is 4.90 Å². The summed E-state index contributed by atoms with van der Waals surface area (Å²) in [7, 11) is -2.57. The Bertz CT molecular complexity index is 1700. The molecule has 42 heavy (non-hydrogen) atoms. The summed E-state index contributed by atoms with van der Waals surface area (Å²) in [5.74, 6) is 0.353. The molecule has 1 N–H and O–H groups in total. The Balaban J connectivity index is 1.52. The fourth-order valence-corrected chi connectivity index (χ4v) is 6.23. The topological polar surface area (TPSA) is 97.3 Å². The first-order chi connectivity index (χ1) is 20.1. The van der Waals surface area contributed by atoms with E-state index in [9.17, 15) is 13.2 Å². The third kappa shape index (κ3) is 7.70. The first-order valence-corrected chi connectivity index (χ1v) is 15.4. The van der Waals surface area contributed by atoms with Gasteiger partial charge >= 0.3 is 0 Å². The van der Waals surface area contributed by atoms with Gasteiger partial charge in [-0.2, -0.15) is 5.10 Å². The number of carbonyl (C=O) groups is 1. The molecule has 0 unspecified atom stereocenters. The minimum absolute atomic E-state index is 0.0512. The highest BCUT2D eigenvalue weighted by Gasteiger charge is 2.28.